The number of methoxy groups -OCH3 is 1. The molecule has 4 nitrogen and oxygen atoms in total. The van der Waals surface area contributed by atoms with Crippen molar-refractivity contribution in [1.29, 1.82) is 0 Å². The quantitative estimate of drug-likeness (QED) is 0.685. The van der Waals surface area contributed by atoms with Gasteiger partial charge in [-0.3, -0.25) is 0 Å². The molecule has 102 valence electrons. The second-order valence-corrected chi connectivity index (χ2v) is 4.16. The van der Waals surface area contributed by atoms with Gasteiger partial charge in [0.25, 0.3) is 0 Å². The van der Waals surface area contributed by atoms with Gasteiger partial charge in [-0.15, -0.1) is 0 Å². The van der Waals surface area contributed by atoms with E-state index in [0.29, 0.717) is 19.8 Å². The predicted octanol–water partition coefficient (Wildman–Crippen LogP) is 2.14. The van der Waals surface area contributed by atoms with Crippen LogP contribution in [0.15, 0.2) is 24.3 Å². The first-order chi connectivity index (χ1) is 8.74. The molecule has 4 heteroatoms. The van der Waals surface area contributed by atoms with Crippen LogP contribution in [-0.4, -0.2) is 33.5 Å². The maximum atomic E-state index is 5.77. The number of nitrogens with two attached hydrogens (primary N) is 1. The normalized spacial score (nSPS) is 12.4. The van der Waals surface area contributed by atoms with E-state index in [1.165, 1.54) is 0 Å². The molecule has 1 rings (SSSR count). The summed E-state index contributed by atoms with van der Waals surface area (Å²) in [6.07, 6.45) is 0.916. The van der Waals surface area contributed by atoms with Crippen LogP contribution in [0.25, 0.3) is 0 Å². The van der Waals surface area contributed by atoms with Gasteiger partial charge in [0.2, 0.25) is 0 Å². The molecule has 1 aromatic rings. The third kappa shape index (κ3) is 6.00. The van der Waals surface area contributed by atoms with E-state index < -0.39 is 0 Å². The van der Waals surface area contributed by atoms with Gasteiger partial charge in [0.15, 0.2) is 0 Å². The van der Waals surface area contributed by atoms with Gasteiger partial charge in [-0.1, -0.05) is 12.1 Å². The van der Waals surface area contributed by atoms with Crippen LogP contribution in [0.1, 0.15) is 24.9 Å². The molecule has 18 heavy (non-hydrogen) atoms. The fourth-order valence-corrected chi connectivity index (χ4v) is 1.49. The molecule has 0 aliphatic carbocycles. The molecule has 0 aliphatic rings. The van der Waals surface area contributed by atoms with Gasteiger partial charge < -0.3 is 19.9 Å². The summed E-state index contributed by atoms with van der Waals surface area (Å²) in [6, 6.07) is 7.90. The monoisotopic (exact) mass is 253 g/mol. The second kappa shape index (κ2) is 8.91. The van der Waals surface area contributed by atoms with E-state index in [9.17, 15) is 0 Å². The van der Waals surface area contributed by atoms with E-state index in [0.717, 1.165) is 24.3 Å². The Morgan fingerprint density at radius 1 is 1.06 bits per heavy atom. The molecule has 0 unspecified atom stereocenters. The van der Waals surface area contributed by atoms with Gasteiger partial charge in [0.05, 0.1) is 6.61 Å². The van der Waals surface area contributed by atoms with Gasteiger partial charge in [0.1, 0.15) is 12.4 Å². The van der Waals surface area contributed by atoms with Crippen molar-refractivity contribution in [1.82, 2.24) is 0 Å². The third-order valence-electron chi connectivity index (χ3n) is 2.54. The molecule has 0 bridgehead atoms. The first-order valence-corrected chi connectivity index (χ1v) is 6.29. The molecule has 0 saturated heterocycles. The average molecular weight is 253 g/mol. The van der Waals surface area contributed by atoms with E-state index in [2.05, 4.69) is 0 Å². The smallest absolute Gasteiger partial charge is 0.119 e. The molecule has 0 aliphatic heterocycles. The molecule has 0 saturated carbocycles. The van der Waals surface area contributed by atoms with Gasteiger partial charge >= 0.3 is 0 Å². The Morgan fingerprint density at radius 2 is 1.78 bits per heavy atom. The highest BCUT2D eigenvalue weighted by Crippen LogP contribution is 2.15. The zero-order chi connectivity index (χ0) is 13.2. The molecule has 1 aromatic carbocycles. The van der Waals surface area contributed by atoms with Crippen LogP contribution >= 0.6 is 0 Å². The molecule has 0 spiro atoms. The lowest BCUT2D eigenvalue weighted by Gasteiger charge is -2.09. The van der Waals surface area contributed by atoms with Crippen molar-refractivity contribution >= 4 is 0 Å². The zero-order valence-electron chi connectivity index (χ0n) is 11.2. The Labute approximate surface area is 109 Å². The van der Waals surface area contributed by atoms with Gasteiger partial charge in [-0.2, -0.15) is 0 Å². The van der Waals surface area contributed by atoms with Crippen LogP contribution in [-0.2, 0) is 9.47 Å². The van der Waals surface area contributed by atoms with Gasteiger partial charge in [0, 0.05) is 26.4 Å². The lowest BCUT2D eigenvalue weighted by atomic mass is 10.1. The number of benzene rings is 1. The zero-order valence-corrected chi connectivity index (χ0v) is 11.2. The number of ether oxygens (including phenoxy) is 3. The first kappa shape index (κ1) is 15.0. The van der Waals surface area contributed by atoms with Crippen LogP contribution in [0, 0.1) is 0 Å². The molecule has 2 N–H and O–H groups in total. The summed E-state index contributed by atoms with van der Waals surface area (Å²) in [5, 5.41) is 0. The molecule has 0 aromatic heterocycles. The van der Waals surface area contributed by atoms with E-state index in [1.54, 1.807) is 7.11 Å². The van der Waals surface area contributed by atoms with Crippen molar-refractivity contribution < 1.29 is 14.2 Å². The van der Waals surface area contributed by atoms with Crippen LogP contribution in [0.4, 0.5) is 0 Å². The number of hydrogen-bond acceptors (Lipinski definition) is 4. The minimum absolute atomic E-state index is 0.0585. The highest BCUT2D eigenvalue weighted by Gasteiger charge is 1.99. The molecule has 0 fully saturated rings. The molecular formula is C14H23NO3. The van der Waals surface area contributed by atoms with Crippen molar-refractivity contribution in [3.8, 4) is 5.75 Å². The van der Waals surface area contributed by atoms with E-state index >= 15 is 0 Å². The van der Waals surface area contributed by atoms with Gasteiger partial charge in [-0.25, -0.2) is 0 Å². The maximum Gasteiger partial charge on any atom is 0.119 e. The first-order valence-electron chi connectivity index (χ1n) is 6.29. The lowest BCUT2D eigenvalue weighted by Crippen LogP contribution is -2.09. The van der Waals surface area contributed by atoms with Crippen molar-refractivity contribution in [3.05, 3.63) is 29.8 Å². The molecule has 0 heterocycles. The Balaban J connectivity index is 2.12. The van der Waals surface area contributed by atoms with E-state index in [-0.39, 0.29) is 6.04 Å². The summed E-state index contributed by atoms with van der Waals surface area (Å²) in [5.74, 6) is 0.847. The predicted molar refractivity (Wildman–Crippen MR) is 71.9 cm³/mol. The Morgan fingerprint density at radius 3 is 2.39 bits per heavy atom. The summed E-state index contributed by atoms with van der Waals surface area (Å²) in [7, 11) is 1.69. The topological polar surface area (TPSA) is 53.7 Å². The number of hydrogen-bond donors (Lipinski definition) is 1. The fraction of sp³-hybridized carbons (Fsp3) is 0.571. The average Bonchev–Trinajstić information content (AvgIpc) is 2.38. The molecular weight excluding hydrogens is 230 g/mol. The number of rotatable bonds is 9. The second-order valence-electron chi connectivity index (χ2n) is 4.16. The highest BCUT2D eigenvalue weighted by atomic mass is 16.5. The summed E-state index contributed by atoms with van der Waals surface area (Å²) in [5.41, 5.74) is 6.88. The Hall–Kier alpha value is -1.10. The largest absolute Gasteiger partial charge is 0.491 e. The Kier molecular flexibility index (Phi) is 7.41. The van der Waals surface area contributed by atoms with Crippen molar-refractivity contribution in [2.24, 2.45) is 5.73 Å². The summed E-state index contributed by atoms with van der Waals surface area (Å²) >= 11 is 0. The summed E-state index contributed by atoms with van der Waals surface area (Å²) < 4.78 is 15.9. The molecule has 1 atom stereocenters. The van der Waals surface area contributed by atoms with E-state index in [1.807, 2.05) is 31.2 Å². The minimum Gasteiger partial charge on any atom is -0.491 e. The van der Waals surface area contributed by atoms with Crippen LogP contribution < -0.4 is 10.5 Å². The standard InChI is InChI=1S/C14H23NO3/c1-12(15)13-4-6-14(7-5-13)18-11-10-17-9-3-8-16-2/h4-7,12H,3,8-11,15H2,1-2H3/t12-/m0/s1. The Bertz CT molecular complexity index is 311. The SMILES string of the molecule is COCCCOCCOc1ccc([C@H](C)N)cc1. The van der Waals surface area contributed by atoms with Crippen LogP contribution in [0.5, 0.6) is 5.75 Å². The summed E-state index contributed by atoms with van der Waals surface area (Å²) in [4.78, 5) is 0. The lowest BCUT2D eigenvalue weighted by molar-refractivity contribution is 0.0806. The third-order valence-corrected chi connectivity index (χ3v) is 2.54. The van der Waals surface area contributed by atoms with Crippen molar-refractivity contribution in [2.45, 2.75) is 19.4 Å². The molecule has 0 amide bonds. The van der Waals surface area contributed by atoms with Crippen LogP contribution in [0.3, 0.4) is 0 Å². The van der Waals surface area contributed by atoms with Gasteiger partial charge in [-0.05, 0) is 31.0 Å². The highest BCUT2D eigenvalue weighted by molar-refractivity contribution is 5.28. The van der Waals surface area contributed by atoms with Crippen molar-refractivity contribution in [3.63, 3.8) is 0 Å². The minimum atomic E-state index is 0.0585. The van der Waals surface area contributed by atoms with E-state index in [4.69, 9.17) is 19.9 Å². The molecule has 0 radical (unpaired) electrons. The summed E-state index contributed by atoms with van der Waals surface area (Å²) in [6.45, 7) is 4.56. The van der Waals surface area contributed by atoms with Crippen LogP contribution in [0.2, 0.25) is 0 Å². The van der Waals surface area contributed by atoms with Crippen molar-refractivity contribution in [2.75, 3.05) is 33.5 Å². The fourth-order valence-electron chi connectivity index (χ4n) is 1.49. The maximum absolute atomic E-state index is 5.77.